The van der Waals surface area contributed by atoms with E-state index in [1.807, 2.05) is 24.8 Å². The molecule has 0 fully saturated rings. The summed E-state index contributed by atoms with van der Waals surface area (Å²) in [6, 6.07) is 1.55. The highest BCUT2D eigenvalue weighted by Gasteiger charge is 2.24. The number of aromatic nitrogens is 2. The SMILES string of the molecule is CN(C)CCn1ncc(Br)c1C(NN)c1cc(Cl)sc1Cl. The third-order valence-electron chi connectivity index (χ3n) is 3.03. The summed E-state index contributed by atoms with van der Waals surface area (Å²) in [5, 5.41) is 4.39. The van der Waals surface area contributed by atoms with Crippen LogP contribution in [0.25, 0.3) is 0 Å². The first-order chi connectivity index (χ1) is 9.93. The molecule has 0 aliphatic carbocycles. The molecule has 9 heteroatoms. The third-order valence-corrected chi connectivity index (χ3v) is 5.16. The second-order valence-electron chi connectivity index (χ2n) is 4.78. The van der Waals surface area contributed by atoms with Gasteiger partial charge in [-0.2, -0.15) is 5.10 Å². The molecule has 0 aliphatic rings. The van der Waals surface area contributed by atoms with Crippen molar-refractivity contribution in [1.29, 1.82) is 0 Å². The molecule has 0 amide bonds. The van der Waals surface area contributed by atoms with Gasteiger partial charge in [-0.3, -0.25) is 10.5 Å². The summed E-state index contributed by atoms with van der Waals surface area (Å²) in [7, 11) is 4.04. The quantitative estimate of drug-likeness (QED) is 0.565. The van der Waals surface area contributed by atoms with Gasteiger partial charge >= 0.3 is 0 Å². The topological polar surface area (TPSA) is 59.1 Å². The fourth-order valence-corrected chi connectivity index (χ4v) is 4.06. The van der Waals surface area contributed by atoms with Crippen molar-refractivity contribution in [2.45, 2.75) is 12.6 Å². The van der Waals surface area contributed by atoms with Crippen molar-refractivity contribution < 1.29 is 0 Å². The zero-order valence-corrected chi connectivity index (χ0v) is 15.5. The molecule has 1 unspecified atom stereocenters. The maximum absolute atomic E-state index is 6.25. The largest absolute Gasteiger partial charge is 0.308 e. The molecule has 0 aliphatic heterocycles. The standard InChI is InChI=1S/C12H16BrCl2N5S/c1-19(2)3-4-20-11(8(13)6-17-20)10(18-16)7-5-9(14)21-12(7)15/h5-6,10,18H,3-4,16H2,1-2H3. The normalized spacial score (nSPS) is 13.1. The van der Waals surface area contributed by atoms with Crippen LogP contribution < -0.4 is 11.3 Å². The molecule has 2 aromatic rings. The monoisotopic (exact) mass is 411 g/mol. The molecule has 0 spiro atoms. The van der Waals surface area contributed by atoms with Gasteiger partial charge in [-0.15, -0.1) is 11.3 Å². The number of rotatable bonds is 6. The number of hydrazine groups is 1. The molecule has 0 saturated heterocycles. The molecule has 1 atom stereocenters. The Bertz CT molecular complexity index is 613. The Labute approximate surface area is 146 Å². The van der Waals surface area contributed by atoms with Crippen LogP contribution in [0, 0.1) is 0 Å². The average molecular weight is 413 g/mol. The van der Waals surface area contributed by atoms with Crippen LogP contribution in [0.3, 0.4) is 0 Å². The van der Waals surface area contributed by atoms with Crippen molar-refractivity contribution >= 4 is 50.5 Å². The van der Waals surface area contributed by atoms with Gasteiger partial charge in [0.2, 0.25) is 0 Å². The molecule has 0 aromatic carbocycles. The van der Waals surface area contributed by atoms with E-state index in [2.05, 4.69) is 31.4 Å². The van der Waals surface area contributed by atoms with E-state index in [-0.39, 0.29) is 6.04 Å². The van der Waals surface area contributed by atoms with Crippen molar-refractivity contribution in [2.24, 2.45) is 5.84 Å². The molecule has 116 valence electrons. The molecule has 21 heavy (non-hydrogen) atoms. The maximum atomic E-state index is 6.25. The van der Waals surface area contributed by atoms with E-state index in [1.165, 1.54) is 11.3 Å². The Hall–Kier alpha value is -0.150. The highest BCUT2D eigenvalue weighted by atomic mass is 79.9. The Balaban J connectivity index is 2.38. The van der Waals surface area contributed by atoms with Crippen molar-refractivity contribution in [3.8, 4) is 0 Å². The Morgan fingerprint density at radius 1 is 1.52 bits per heavy atom. The molecule has 0 bridgehead atoms. The molecule has 0 saturated carbocycles. The van der Waals surface area contributed by atoms with E-state index < -0.39 is 0 Å². The number of nitrogens with zero attached hydrogens (tertiary/aromatic N) is 3. The van der Waals surface area contributed by atoms with E-state index in [4.69, 9.17) is 29.0 Å². The van der Waals surface area contributed by atoms with Gasteiger partial charge in [-0.25, -0.2) is 5.43 Å². The van der Waals surface area contributed by atoms with Gasteiger partial charge in [-0.1, -0.05) is 23.2 Å². The predicted molar refractivity (Wildman–Crippen MR) is 92.0 cm³/mol. The van der Waals surface area contributed by atoms with E-state index >= 15 is 0 Å². The molecule has 0 radical (unpaired) electrons. The molecule has 3 N–H and O–H groups in total. The molecule has 2 rings (SSSR count). The first-order valence-electron chi connectivity index (χ1n) is 6.20. The van der Waals surface area contributed by atoms with Crippen LogP contribution in [0.1, 0.15) is 17.3 Å². The average Bonchev–Trinajstić information content (AvgIpc) is 2.93. The van der Waals surface area contributed by atoms with E-state index in [1.54, 1.807) is 6.20 Å². The Morgan fingerprint density at radius 2 is 2.24 bits per heavy atom. The maximum Gasteiger partial charge on any atom is 0.0996 e. The highest BCUT2D eigenvalue weighted by molar-refractivity contribution is 9.10. The lowest BCUT2D eigenvalue weighted by molar-refractivity contribution is 0.365. The third kappa shape index (κ3) is 3.98. The molecular weight excluding hydrogens is 397 g/mol. The van der Waals surface area contributed by atoms with Crippen molar-refractivity contribution in [1.82, 2.24) is 20.1 Å². The van der Waals surface area contributed by atoms with Crippen LogP contribution in [0.15, 0.2) is 16.7 Å². The second-order valence-corrected chi connectivity index (χ2v) is 7.92. The zero-order chi connectivity index (χ0) is 15.6. The van der Waals surface area contributed by atoms with E-state index in [0.29, 0.717) is 8.67 Å². The second kappa shape index (κ2) is 7.41. The van der Waals surface area contributed by atoms with Gasteiger partial charge in [0.25, 0.3) is 0 Å². The van der Waals surface area contributed by atoms with Crippen molar-refractivity contribution in [3.63, 3.8) is 0 Å². The lowest BCUT2D eigenvalue weighted by Gasteiger charge is -2.19. The number of hydrogen-bond acceptors (Lipinski definition) is 5. The Morgan fingerprint density at radius 3 is 2.76 bits per heavy atom. The minimum absolute atomic E-state index is 0.278. The summed E-state index contributed by atoms with van der Waals surface area (Å²) in [4.78, 5) is 2.10. The lowest BCUT2D eigenvalue weighted by Crippen LogP contribution is -2.32. The fraction of sp³-hybridized carbons (Fsp3) is 0.417. The summed E-state index contributed by atoms with van der Waals surface area (Å²) in [5.74, 6) is 5.75. The highest BCUT2D eigenvalue weighted by Crippen LogP contribution is 2.38. The zero-order valence-electron chi connectivity index (χ0n) is 11.6. The van der Waals surface area contributed by atoms with Gasteiger partial charge in [-0.05, 0) is 36.1 Å². The van der Waals surface area contributed by atoms with Crippen LogP contribution in [0.4, 0.5) is 0 Å². The van der Waals surface area contributed by atoms with Gasteiger partial charge in [0, 0.05) is 12.1 Å². The number of likely N-dealkylation sites (N-methyl/N-ethyl adjacent to an activating group) is 1. The van der Waals surface area contributed by atoms with Gasteiger partial charge in [0.05, 0.1) is 37.6 Å². The van der Waals surface area contributed by atoms with Crippen molar-refractivity contribution in [2.75, 3.05) is 20.6 Å². The van der Waals surface area contributed by atoms with Gasteiger partial charge < -0.3 is 4.90 Å². The minimum atomic E-state index is -0.278. The summed E-state index contributed by atoms with van der Waals surface area (Å²) >= 11 is 17.1. The predicted octanol–water partition coefficient (Wildman–Crippen LogP) is 3.13. The van der Waals surface area contributed by atoms with Gasteiger partial charge in [0.1, 0.15) is 0 Å². The molecule has 2 aromatic heterocycles. The van der Waals surface area contributed by atoms with Crippen LogP contribution in [0.5, 0.6) is 0 Å². The van der Waals surface area contributed by atoms with Crippen LogP contribution in [-0.2, 0) is 6.54 Å². The number of nitrogens with one attached hydrogen (secondary N) is 1. The molecular formula is C12H16BrCl2N5S. The smallest absolute Gasteiger partial charge is 0.0996 e. The van der Waals surface area contributed by atoms with E-state index in [0.717, 1.165) is 28.8 Å². The molecule has 2 heterocycles. The number of nitrogens with two attached hydrogens (primary N) is 1. The summed E-state index contributed by atoms with van der Waals surface area (Å²) in [6.45, 7) is 1.62. The molecule has 5 nitrogen and oxygen atoms in total. The number of thiophene rings is 1. The van der Waals surface area contributed by atoms with Crippen LogP contribution in [-0.4, -0.2) is 35.3 Å². The summed E-state index contributed by atoms with van der Waals surface area (Å²) in [5.41, 5.74) is 4.58. The Kier molecular flexibility index (Phi) is 6.07. The minimum Gasteiger partial charge on any atom is -0.308 e. The summed E-state index contributed by atoms with van der Waals surface area (Å²) < 4.78 is 4.04. The first kappa shape index (κ1) is 17.2. The van der Waals surface area contributed by atoms with Crippen molar-refractivity contribution in [3.05, 3.63) is 36.7 Å². The number of hydrogen-bond donors (Lipinski definition) is 2. The van der Waals surface area contributed by atoms with Crippen LogP contribution >= 0.6 is 50.5 Å². The lowest BCUT2D eigenvalue weighted by atomic mass is 10.1. The van der Waals surface area contributed by atoms with Gasteiger partial charge in [0.15, 0.2) is 0 Å². The first-order valence-corrected chi connectivity index (χ1v) is 8.57. The fourth-order valence-electron chi connectivity index (χ4n) is 2.00. The number of halogens is 3. The van der Waals surface area contributed by atoms with E-state index in [9.17, 15) is 0 Å². The summed E-state index contributed by atoms with van der Waals surface area (Å²) in [6.07, 6.45) is 1.76. The van der Waals surface area contributed by atoms with Crippen LogP contribution in [0.2, 0.25) is 8.67 Å².